The second-order valence-corrected chi connectivity index (χ2v) is 9.99. The largest absolute Gasteiger partial charge is 0.493 e. The number of carbonyl (C=O) groups excluding carboxylic acids is 2. The van der Waals surface area contributed by atoms with Gasteiger partial charge in [-0.1, -0.05) is 23.8 Å². The number of fused-ring (bicyclic) bond motifs is 1. The van der Waals surface area contributed by atoms with Gasteiger partial charge in [0.25, 0.3) is 5.91 Å². The van der Waals surface area contributed by atoms with Gasteiger partial charge in [0.1, 0.15) is 5.84 Å². The van der Waals surface area contributed by atoms with Crippen LogP contribution in [0.25, 0.3) is 6.08 Å². The lowest BCUT2D eigenvalue weighted by atomic mass is 10.1. The molecule has 0 saturated carbocycles. The van der Waals surface area contributed by atoms with E-state index in [1.54, 1.807) is 24.3 Å². The minimum atomic E-state index is -3.75. The molecule has 2 aromatic rings. The van der Waals surface area contributed by atoms with Crippen LogP contribution in [0.3, 0.4) is 0 Å². The molecule has 0 bridgehead atoms. The Morgan fingerprint density at radius 2 is 1.94 bits per heavy atom. The van der Waals surface area contributed by atoms with Gasteiger partial charge in [0.05, 0.1) is 30.2 Å². The molecule has 0 radical (unpaired) electrons. The van der Waals surface area contributed by atoms with Gasteiger partial charge in [-0.15, -0.1) is 0 Å². The number of esters is 1. The molecule has 12 heteroatoms. The fourth-order valence-electron chi connectivity index (χ4n) is 3.19. The fourth-order valence-corrected chi connectivity index (χ4v) is 5.04. The van der Waals surface area contributed by atoms with Crippen molar-refractivity contribution in [1.82, 2.24) is 4.90 Å². The molecule has 0 unspecified atom stereocenters. The van der Waals surface area contributed by atoms with E-state index in [9.17, 15) is 18.0 Å². The van der Waals surface area contributed by atoms with Crippen LogP contribution in [0.2, 0.25) is 0 Å². The number of hydrogen-bond acceptors (Lipinski definition) is 9. The van der Waals surface area contributed by atoms with Crippen molar-refractivity contribution >= 4 is 55.9 Å². The minimum absolute atomic E-state index is 0.00330. The molecule has 174 valence electrons. The fraction of sp³-hybridized carbons (Fsp3) is 0.136. The summed E-state index contributed by atoms with van der Waals surface area (Å²) in [5, 5.41) is 8.04. The highest BCUT2D eigenvalue weighted by atomic mass is 32.2. The van der Waals surface area contributed by atoms with Gasteiger partial charge in [-0.2, -0.15) is 9.39 Å². The zero-order valence-corrected chi connectivity index (χ0v) is 19.9. The van der Waals surface area contributed by atoms with Crippen molar-refractivity contribution in [3.63, 3.8) is 0 Å². The smallest absolute Gasteiger partial charge is 0.343 e. The van der Waals surface area contributed by atoms with E-state index in [2.05, 4.69) is 9.39 Å². The van der Waals surface area contributed by atoms with E-state index >= 15 is 0 Å². The van der Waals surface area contributed by atoms with Gasteiger partial charge in [-0.25, -0.2) is 18.1 Å². The molecule has 0 aliphatic carbocycles. The maximum Gasteiger partial charge on any atom is 0.343 e. The number of nitrogens with one attached hydrogen (secondary N) is 1. The van der Waals surface area contributed by atoms with Crippen molar-refractivity contribution in [3.8, 4) is 11.5 Å². The Bertz CT molecular complexity index is 1440. The molecular formula is C22H18N4O6S2. The van der Waals surface area contributed by atoms with Crippen LogP contribution in [0.4, 0.5) is 0 Å². The van der Waals surface area contributed by atoms with Gasteiger partial charge in [0.2, 0.25) is 20.2 Å². The summed E-state index contributed by atoms with van der Waals surface area (Å²) in [6.45, 7) is 1.86. The van der Waals surface area contributed by atoms with Crippen LogP contribution in [0.1, 0.15) is 21.5 Å². The molecule has 0 saturated heterocycles. The molecule has 34 heavy (non-hydrogen) atoms. The normalized spacial score (nSPS) is 16.8. The number of ether oxygens (including phenoxy) is 2. The summed E-state index contributed by atoms with van der Waals surface area (Å²) < 4.78 is 38.6. The number of nitrogens with zero attached hydrogens (tertiary/aromatic N) is 3. The van der Waals surface area contributed by atoms with Gasteiger partial charge in [0, 0.05) is 6.26 Å². The predicted molar refractivity (Wildman–Crippen MR) is 129 cm³/mol. The molecule has 1 N–H and O–H groups in total. The summed E-state index contributed by atoms with van der Waals surface area (Å²) in [6.07, 6.45) is 2.34. The van der Waals surface area contributed by atoms with E-state index < -0.39 is 21.7 Å². The number of methoxy groups -OCH3 is 1. The van der Waals surface area contributed by atoms with Crippen LogP contribution in [0, 0.1) is 12.3 Å². The van der Waals surface area contributed by atoms with Crippen LogP contribution >= 0.6 is 11.9 Å². The SMILES string of the molecule is COc1cc(C=C2C(=N)N3C(=NC2=O)SN=C3S(C)(=O)=O)ccc1OC(=O)c1cccc(C)c1. The standard InChI is InChI=1S/C22H18N4O6S2/c1-12-5-4-6-14(9-12)20(28)32-16-8-7-13(11-17(16)31-2)10-15-18(23)26-21(24-19(15)27)33-25-22(26)34(3,29)30/h4-11,23H,1-3H3. The number of hydrogen-bond donors (Lipinski definition) is 1. The topological polar surface area (TPSA) is 139 Å². The summed E-state index contributed by atoms with van der Waals surface area (Å²) in [4.78, 5) is 29.9. The van der Waals surface area contributed by atoms with Crippen LogP contribution in [0.5, 0.6) is 11.5 Å². The second-order valence-electron chi connectivity index (χ2n) is 7.35. The van der Waals surface area contributed by atoms with Gasteiger partial charge in [0.15, 0.2) is 11.5 Å². The van der Waals surface area contributed by atoms with E-state index in [1.807, 2.05) is 13.0 Å². The van der Waals surface area contributed by atoms with E-state index in [4.69, 9.17) is 14.9 Å². The number of aliphatic imine (C=N–C) groups is 1. The summed E-state index contributed by atoms with van der Waals surface area (Å²) in [7, 11) is -2.35. The van der Waals surface area contributed by atoms with E-state index in [1.165, 1.54) is 25.3 Å². The third kappa shape index (κ3) is 4.50. The first kappa shape index (κ1) is 23.4. The zero-order valence-electron chi connectivity index (χ0n) is 18.2. The molecule has 0 aromatic heterocycles. The Kier molecular flexibility index (Phi) is 6.11. The molecule has 0 fully saturated rings. The highest BCUT2D eigenvalue weighted by molar-refractivity contribution is 8.16. The zero-order chi connectivity index (χ0) is 24.6. The van der Waals surface area contributed by atoms with Crippen molar-refractivity contribution in [2.24, 2.45) is 9.39 Å². The van der Waals surface area contributed by atoms with Crippen LogP contribution in [0.15, 0.2) is 57.4 Å². The number of carbonyl (C=O) groups is 2. The molecule has 4 rings (SSSR count). The lowest BCUT2D eigenvalue weighted by Gasteiger charge is -2.23. The molecule has 10 nitrogen and oxygen atoms in total. The van der Waals surface area contributed by atoms with Gasteiger partial charge < -0.3 is 9.47 Å². The van der Waals surface area contributed by atoms with E-state index in [0.29, 0.717) is 11.1 Å². The molecule has 2 heterocycles. The molecule has 2 aromatic carbocycles. The number of benzene rings is 2. The first-order valence-electron chi connectivity index (χ1n) is 9.74. The van der Waals surface area contributed by atoms with Crippen LogP contribution in [-0.4, -0.2) is 54.7 Å². The second kappa shape index (κ2) is 8.88. The Balaban J connectivity index is 1.63. The number of amidine groups is 3. The summed E-state index contributed by atoms with van der Waals surface area (Å²) in [5.41, 5.74) is 1.61. The predicted octanol–water partition coefficient (Wildman–Crippen LogP) is 2.84. The monoisotopic (exact) mass is 498 g/mol. The van der Waals surface area contributed by atoms with Crippen LogP contribution < -0.4 is 9.47 Å². The third-order valence-electron chi connectivity index (χ3n) is 4.78. The molecule has 0 spiro atoms. The van der Waals surface area contributed by atoms with E-state index in [-0.39, 0.29) is 33.2 Å². The van der Waals surface area contributed by atoms with Crippen molar-refractivity contribution in [3.05, 3.63) is 64.7 Å². The molecular weight excluding hydrogens is 480 g/mol. The Hall–Kier alpha value is -3.77. The first-order valence-corrected chi connectivity index (χ1v) is 12.4. The van der Waals surface area contributed by atoms with Crippen LogP contribution in [-0.2, 0) is 14.6 Å². The molecule has 0 atom stereocenters. The van der Waals surface area contributed by atoms with Crippen molar-refractivity contribution in [2.75, 3.05) is 13.4 Å². The Morgan fingerprint density at radius 1 is 1.18 bits per heavy atom. The third-order valence-corrected chi connectivity index (χ3v) is 6.54. The summed E-state index contributed by atoms with van der Waals surface area (Å²) in [6, 6.07) is 11.5. The number of aryl methyl sites for hydroxylation is 1. The van der Waals surface area contributed by atoms with E-state index in [0.717, 1.165) is 28.7 Å². The minimum Gasteiger partial charge on any atom is -0.493 e. The summed E-state index contributed by atoms with van der Waals surface area (Å²) in [5.74, 6) is -1.23. The number of sulfone groups is 1. The quantitative estimate of drug-likeness (QED) is 0.294. The molecule has 2 aliphatic heterocycles. The van der Waals surface area contributed by atoms with Gasteiger partial charge >= 0.3 is 5.97 Å². The molecule has 2 aliphatic rings. The van der Waals surface area contributed by atoms with Crippen molar-refractivity contribution < 1.29 is 27.5 Å². The average Bonchev–Trinajstić information content (AvgIpc) is 3.22. The van der Waals surface area contributed by atoms with Gasteiger partial charge in [-0.05, 0) is 42.8 Å². The lowest BCUT2D eigenvalue weighted by Crippen LogP contribution is -2.45. The van der Waals surface area contributed by atoms with Crippen molar-refractivity contribution in [2.45, 2.75) is 6.92 Å². The maximum atomic E-state index is 12.5. The summed E-state index contributed by atoms with van der Waals surface area (Å²) >= 11 is 0.717. The lowest BCUT2D eigenvalue weighted by molar-refractivity contribution is -0.114. The number of amides is 1. The number of rotatable bonds is 4. The average molecular weight is 499 g/mol. The Labute approximate surface area is 199 Å². The van der Waals surface area contributed by atoms with Crippen molar-refractivity contribution in [1.29, 1.82) is 5.41 Å². The first-order chi connectivity index (χ1) is 16.1. The Morgan fingerprint density at radius 3 is 2.62 bits per heavy atom. The van der Waals surface area contributed by atoms with Gasteiger partial charge in [-0.3, -0.25) is 10.2 Å². The maximum absolute atomic E-state index is 12.5. The highest BCUT2D eigenvalue weighted by Gasteiger charge is 2.41. The molecule has 1 amide bonds. The highest BCUT2D eigenvalue weighted by Crippen LogP contribution is 2.32.